The molecule has 0 radical (unpaired) electrons. The van der Waals surface area contributed by atoms with Gasteiger partial charge in [-0.25, -0.2) is 0 Å². The molecule has 0 saturated heterocycles. The molecule has 0 aromatic heterocycles. The lowest BCUT2D eigenvalue weighted by atomic mass is 9.97. The maximum Gasteiger partial charge on any atom is 0.310 e. The highest BCUT2D eigenvalue weighted by molar-refractivity contribution is 5.76. The molecule has 3 heteroatoms. The Morgan fingerprint density at radius 2 is 1.93 bits per heavy atom. The zero-order chi connectivity index (χ0) is 11.3. The number of rotatable bonds is 5. The van der Waals surface area contributed by atoms with Crippen molar-refractivity contribution in [3.63, 3.8) is 0 Å². The lowest BCUT2D eigenvalue weighted by molar-refractivity contribution is -0.138. The molecule has 0 amide bonds. The van der Waals surface area contributed by atoms with Crippen LogP contribution in [-0.4, -0.2) is 17.7 Å². The van der Waals surface area contributed by atoms with Crippen molar-refractivity contribution in [1.82, 2.24) is 0 Å². The van der Waals surface area contributed by atoms with E-state index in [0.717, 1.165) is 11.3 Å². The van der Waals surface area contributed by atoms with E-state index in [1.807, 2.05) is 38.1 Å². The Morgan fingerprint density at radius 3 is 2.33 bits per heavy atom. The van der Waals surface area contributed by atoms with Crippen molar-refractivity contribution < 1.29 is 14.6 Å². The van der Waals surface area contributed by atoms with Crippen molar-refractivity contribution >= 4 is 5.97 Å². The molecule has 0 saturated carbocycles. The van der Waals surface area contributed by atoms with Gasteiger partial charge in [0.2, 0.25) is 0 Å². The number of carboxylic acid groups (broad SMARTS) is 1. The number of aliphatic carboxylic acids is 1. The van der Waals surface area contributed by atoms with Gasteiger partial charge in [0.25, 0.3) is 0 Å². The maximum atomic E-state index is 10.9. The van der Waals surface area contributed by atoms with Crippen LogP contribution in [0.15, 0.2) is 24.3 Å². The summed E-state index contributed by atoms with van der Waals surface area (Å²) in [7, 11) is 0. The lowest BCUT2D eigenvalue weighted by Crippen LogP contribution is -2.10. The number of ether oxygens (including phenoxy) is 1. The molecule has 0 aliphatic carbocycles. The Kier molecular flexibility index (Phi) is 4.16. The Bertz CT molecular complexity index is 316. The first-order chi connectivity index (χ1) is 7.19. The van der Waals surface area contributed by atoms with E-state index in [2.05, 4.69) is 0 Å². The van der Waals surface area contributed by atoms with Crippen molar-refractivity contribution in [1.29, 1.82) is 0 Å². The fraction of sp³-hybridized carbons (Fsp3) is 0.417. The topological polar surface area (TPSA) is 46.5 Å². The fourth-order valence-electron chi connectivity index (χ4n) is 1.52. The molecule has 82 valence electrons. The molecule has 1 aromatic carbocycles. The Labute approximate surface area is 89.7 Å². The standard InChI is InChI=1S/C12H16O3/c1-3-11(12(13)14)9-5-7-10(8-6-9)15-4-2/h5-8,11H,3-4H2,1-2H3,(H,13,14). The molecule has 0 heterocycles. The molecule has 1 aromatic rings. The summed E-state index contributed by atoms with van der Waals surface area (Å²) in [5, 5.41) is 8.97. The molecule has 0 aliphatic heterocycles. The Morgan fingerprint density at radius 1 is 1.33 bits per heavy atom. The van der Waals surface area contributed by atoms with Crippen LogP contribution in [0.3, 0.4) is 0 Å². The lowest BCUT2D eigenvalue weighted by Gasteiger charge is -2.10. The van der Waals surface area contributed by atoms with E-state index < -0.39 is 11.9 Å². The van der Waals surface area contributed by atoms with E-state index in [4.69, 9.17) is 9.84 Å². The summed E-state index contributed by atoms with van der Waals surface area (Å²) in [6.07, 6.45) is 0.601. The minimum atomic E-state index is -0.776. The van der Waals surface area contributed by atoms with Crippen molar-refractivity contribution in [3.8, 4) is 5.75 Å². The Balaban J connectivity index is 2.82. The molecule has 1 N–H and O–H groups in total. The first-order valence-electron chi connectivity index (χ1n) is 5.14. The third-order valence-electron chi connectivity index (χ3n) is 2.30. The average molecular weight is 208 g/mol. The van der Waals surface area contributed by atoms with Gasteiger partial charge in [-0.1, -0.05) is 19.1 Å². The van der Waals surface area contributed by atoms with Gasteiger partial charge < -0.3 is 9.84 Å². The van der Waals surface area contributed by atoms with Crippen LogP contribution in [-0.2, 0) is 4.79 Å². The van der Waals surface area contributed by atoms with E-state index in [1.54, 1.807) is 0 Å². The van der Waals surface area contributed by atoms with Crippen LogP contribution in [0.2, 0.25) is 0 Å². The van der Waals surface area contributed by atoms with Gasteiger partial charge in [0.15, 0.2) is 0 Å². The van der Waals surface area contributed by atoms with Crippen molar-refractivity contribution in [2.75, 3.05) is 6.61 Å². The van der Waals surface area contributed by atoms with Crippen molar-refractivity contribution in [3.05, 3.63) is 29.8 Å². The van der Waals surface area contributed by atoms with Gasteiger partial charge in [0.1, 0.15) is 5.75 Å². The summed E-state index contributed by atoms with van der Waals surface area (Å²) in [6.45, 7) is 4.41. The molecule has 0 spiro atoms. The molecule has 1 unspecified atom stereocenters. The van der Waals surface area contributed by atoms with Crippen LogP contribution in [0.5, 0.6) is 5.75 Å². The number of hydrogen-bond acceptors (Lipinski definition) is 2. The maximum absolute atomic E-state index is 10.9. The largest absolute Gasteiger partial charge is 0.494 e. The molecule has 0 fully saturated rings. The summed E-state index contributed by atoms with van der Waals surface area (Å²) in [5.74, 6) is -0.413. The molecule has 1 rings (SSSR count). The third-order valence-corrected chi connectivity index (χ3v) is 2.30. The average Bonchev–Trinajstić information content (AvgIpc) is 2.21. The van der Waals surface area contributed by atoms with Gasteiger partial charge >= 0.3 is 5.97 Å². The SMILES string of the molecule is CCOc1ccc(C(CC)C(=O)O)cc1. The summed E-state index contributed by atoms with van der Waals surface area (Å²) >= 11 is 0. The predicted molar refractivity (Wildman–Crippen MR) is 58.3 cm³/mol. The number of hydrogen-bond donors (Lipinski definition) is 1. The number of benzene rings is 1. The molecule has 0 aliphatic rings. The van der Waals surface area contributed by atoms with E-state index in [-0.39, 0.29) is 0 Å². The predicted octanol–water partition coefficient (Wildman–Crippen LogP) is 2.66. The monoisotopic (exact) mass is 208 g/mol. The third kappa shape index (κ3) is 2.98. The van der Waals surface area contributed by atoms with Gasteiger partial charge in [0, 0.05) is 0 Å². The normalized spacial score (nSPS) is 12.1. The highest BCUT2D eigenvalue weighted by Crippen LogP contribution is 2.22. The minimum absolute atomic E-state index is 0.416. The fourth-order valence-corrected chi connectivity index (χ4v) is 1.52. The van der Waals surface area contributed by atoms with Gasteiger partial charge in [0.05, 0.1) is 12.5 Å². The highest BCUT2D eigenvalue weighted by atomic mass is 16.5. The second-order valence-electron chi connectivity index (χ2n) is 3.30. The smallest absolute Gasteiger partial charge is 0.310 e. The second-order valence-corrected chi connectivity index (χ2v) is 3.30. The van der Waals surface area contributed by atoms with Gasteiger partial charge in [-0.15, -0.1) is 0 Å². The van der Waals surface area contributed by atoms with E-state index >= 15 is 0 Å². The van der Waals surface area contributed by atoms with Crippen LogP contribution in [0.1, 0.15) is 31.7 Å². The summed E-state index contributed by atoms with van der Waals surface area (Å²) in [6, 6.07) is 7.25. The molecular formula is C12H16O3. The molecular weight excluding hydrogens is 192 g/mol. The molecule has 0 bridgehead atoms. The van der Waals surface area contributed by atoms with Crippen LogP contribution in [0.4, 0.5) is 0 Å². The van der Waals surface area contributed by atoms with Crippen LogP contribution in [0, 0.1) is 0 Å². The first kappa shape index (κ1) is 11.6. The van der Waals surface area contributed by atoms with Gasteiger partial charge in [-0.3, -0.25) is 4.79 Å². The van der Waals surface area contributed by atoms with Crippen LogP contribution < -0.4 is 4.74 Å². The Hall–Kier alpha value is -1.51. The molecule has 1 atom stereocenters. The van der Waals surface area contributed by atoms with E-state index in [1.165, 1.54) is 0 Å². The number of carboxylic acids is 1. The highest BCUT2D eigenvalue weighted by Gasteiger charge is 2.16. The van der Waals surface area contributed by atoms with Crippen LogP contribution >= 0.6 is 0 Å². The van der Waals surface area contributed by atoms with Gasteiger partial charge in [-0.05, 0) is 31.0 Å². The summed E-state index contributed by atoms with van der Waals surface area (Å²) < 4.78 is 5.29. The zero-order valence-electron chi connectivity index (χ0n) is 9.06. The van der Waals surface area contributed by atoms with Crippen molar-refractivity contribution in [2.24, 2.45) is 0 Å². The first-order valence-corrected chi connectivity index (χ1v) is 5.14. The minimum Gasteiger partial charge on any atom is -0.494 e. The van der Waals surface area contributed by atoms with E-state index in [9.17, 15) is 4.79 Å². The van der Waals surface area contributed by atoms with Crippen LogP contribution in [0.25, 0.3) is 0 Å². The van der Waals surface area contributed by atoms with Crippen molar-refractivity contribution in [2.45, 2.75) is 26.2 Å². The van der Waals surface area contributed by atoms with Gasteiger partial charge in [-0.2, -0.15) is 0 Å². The number of carbonyl (C=O) groups is 1. The summed E-state index contributed by atoms with van der Waals surface area (Å²) in [4.78, 5) is 10.9. The quantitative estimate of drug-likeness (QED) is 0.809. The second kappa shape index (κ2) is 5.39. The molecule has 15 heavy (non-hydrogen) atoms. The van der Waals surface area contributed by atoms with E-state index in [0.29, 0.717) is 13.0 Å². The summed E-state index contributed by atoms with van der Waals surface area (Å²) in [5.41, 5.74) is 0.827. The zero-order valence-corrected chi connectivity index (χ0v) is 9.06. The molecule has 3 nitrogen and oxygen atoms in total.